The van der Waals surface area contributed by atoms with Gasteiger partial charge in [0.15, 0.2) is 0 Å². The highest BCUT2D eigenvalue weighted by atomic mass is 16.5. The molecule has 5 aromatic rings. The predicted octanol–water partition coefficient (Wildman–Crippen LogP) is 6.36. The molecule has 2 aromatic heterocycles. The molecule has 0 saturated carbocycles. The zero-order valence-corrected chi connectivity index (χ0v) is 17.6. The maximum atomic E-state index is 12.6. The van der Waals surface area contributed by atoms with Crippen LogP contribution >= 0.6 is 0 Å². The summed E-state index contributed by atoms with van der Waals surface area (Å²) in [6, 6.07) is 16.9. The van der Waals surface area contributed by atoms with Gasteiger partial charge in [0, 0.05) is 40.6 Å². The Balaban J connectivity index is 1.77. The van der Waals surface area contributed by atoms with Crippen LogP contribution in [0.3, 0.4) is 0 Å². The maximum Gasteiger partial charge on any atom is 0.343 e. The van der Waals surface area contributed by atoms with Gasteiger partial charge in [-0.15, -0.1) is 6.58 Å². The molecule has 0 aliphatic heterocycles. The van der Waals surface area contributed by atoms with Gasteiger partial charge in [-0.05, 0) is 66.8 Å². The minimum Gasteiger partial charge on any atom is -0.423 e. The summed E-state index contributed by atoms with van der Waals surface area (Å²) in [5.41, 5.74) is 5.17. The van der Waals surface area contributed by atoms with E-state index < -0.39 is 0 Å². The number of esters is 1. The molecule has 0 fully saturated rings. The molecule has 0 bridgehead atoms. The van der Waals surface area contributed by atoms with Crippen molar-refractivity contribution in [3.8, 4) is 5.75 Å². The van der Waals surface area contributed by atoms with Crippen LogP contribution in [0, 0.1) is 13.8 Å². The van der Waals surface area contributed by atoms with Gasteiger partial charge in [0.05, 0.1) is 11.1 Å². The number of fused-ring (bicyclic) bond motifs is 4. The third-order valence-electron chi connectivity index (χ3n) is 5.93. The van der Waals surface area contributed by atoms with Gasteiger partial charge in [0.2, 0.25) is 0 Å². The number of rotatable bonds is 4. The van der Waals surface area contributed by atoms with Crippen molar-refractivity contribution in [2.24, 2.45) is 0 Å². The van der Waals surface area contributed by atoms with Crippen LogP contribution in [0.25, 0.3) is 32.6 Å². The fraction of sp³-hybridized carbons (Fsp3) is 0.111. The standard InChI is InChI=1S/C27H22N2O2/c1-4-14-29-24-11-10-20(31-27(30)19-8-6-5-7-9-19)15-22(24)25-17(2)23-16-28-13-12-21(23)18(3)26(25)29/h4-13,15-16H,1,14H2,2-3H3. The Morgan fingerprint density at radius 3 is 2.61 bits per heavy atom. The van der Waals surface area contributed by atoms with E-state index in [4.69, 9.17) is 4.74 Å². The van der Waals surface area contributed by atoms with Crippen molar-refractivity contribution in [1.82, 2.24) is 9.55 Å². The van der Waals surface area contributed by atoms with Gasteiger partial charge in [-0.25, -0.2) is 4.79 Å². The van der Waals surface area contributed by atoms with Crippen molar-refractivity contribution >= 4 is 38.5 Å². The average Bonchev–Trinajstić information content (AvgIpc) is 3.12. The van der Waals surface area contributed by atoms with E-state index in [1.807, 2.05) is 54.9 Å². The lowest BCUT2D eigenvalue weighted by Gasteiger charge is -2.11. The molecule has 0 radical (unpaired) electrons. The summed E-state index contributed by atoms with van der Waals surface area (Å²) in [6.07, 6.45) is 5.67. The predicted molar refractivity (Wildman–Crippen MR) is 126 cm³/mol. The first kappa shape index (κ1) is 19.1. The van der Waals surface area contributed by atoms with Gasteiger partial charge in [0.1, 0.15) is 5.75 Å². The first-order valence-corrected chi connectivity index (χ1v) is 10.3. The van der Waals surface area contributed by atoms with Crippen LogP contribution in [0.4, 0.5) is 0 Å². The third-order valence-corrected chi connectivity index (χ3v) is 5.93. The number of aryl methyl sites for hydroxylation is 2. The van der Waals surface area contributed by atoms with Crippen LogP contribution in [0.5, 0.6) is 5.75 Å². The Labute approximate surface area is 180 Å². The normalized spacial score (nSPS) is 11.3. The molecule has 3 aromatic carbocycles. The Morgan fingerprint density at radius 2 is 1.84 bits per heavy atom. The van der Waals surface area contributed by atoms with Crippen molar-refractivity contribution in [2.75, 3.05) is 0 Å². The number of nitrogens with zero attached hydrogens (tertiary/aromatic N) is 2. The van der Waals surface area contributed by atoms with Gasteiger partial charge in [-0.1, -0.05) is 24.3 Å². The van der Waals surface area contributed by atoms with E-state index in [1.165, 1.54) is 22.0 Å². The molecule has 0 N–H and O–H groups in total. The second-order valence-corrected chi connectivity index (χ2v) is 7.73. The molecule has 0 saturated heterocycles. The number of allylic oxidation sites excluding steroid dienone is 1. The molecule has 0 aliphatic rings. The quantitative estimate of drug-likeness (QED) is 0.198. The molecule has 2 heterocycles. The highest BCUT2D eigenvalue weighted by Crippen LogP contribution is 2.39. The number of benzene rings is 3. The molecular formula is C27H22N2O2. The lowest BCUT2D eigenvalue weighted by Crippen LogP contribution is -2.08. The van der Waals surface area contributed by atoms with Gasteiger partial charge < -0.3 is 9.30 Å². The molecule has 4 nitrogen and oxygen atoms in total. The summed E-state index contributed by atoms with van der Waals surface area (Å²) in [5, 5.41) is 4.55. The summed E-state index contributed by atoms with van der Waals surface area (Å²) < 4.78 is 7.98. The minimum atomic E-state index is -0.364. The Kier molecular flexibility index (Phi) is 4.55. The molecule has 152 valence electrons. The summed E-state index contributed by atoms with van der Waals surface area (Å²) in [7, 11) is 0. The van der Waals surface area contributed by atoms with E-state index in [-0.39, 0.29) is 5.97 Å². The number of ether oxygens (including phenoxy) is 1. The molecule has 4 heteroatoms. The minimum absolute atomic E-state index is 0.364. The average molecular weight is 406 g/mol. The van der Waals surface area contributed by atoms with Crippen molar-refractivity contribution < 1.29 is 9.53 Å². The first-order valence-electron chi connectivity index (χ1n) is 10.3. The van der Waals surface area contributed by atoms with Crippen molar-refractivity contribution in [3.63, 3.8) is 0 Å². The Bertz CT molecular complexity index is 1480. The van der Waals surface area contributed by atoms with E-state index >= 15 is 0 Å². The second-order valence-electron chi connectivity index (χ2n) is 7.73. The molecule has 0 unspecified atom stereocenters. The van der Waals surface area contributed by atoms with Gasteiger partial charge in [-0.3, -0.25) is 4.98 Å². The SMILES string of the molecule is C=CCn1c2ccc(OC(=O)c3ccccc3)cc2c2c(C)c3cnccc3c(C)c21. The molecule has 0 aliphatic carbocycles. The number of hydrogen-bond donors (Lipinski definition) is 0. The number of pyridine rings is 1. The number of aromatic nitrogens is 2. The van der Waals surface area contributed by atoms with Gasteiger partial charge in [-0.2, -0.15) is 0 Å². The van der Waals surface area contributed by atoms with Crippen LogP contribution < -0.4 is 4.74 Å². The van der Waals surface area contributed by atoms with Crippen LogP contribution in [0.2, 0.25) is 0 Å². The molecule has 31 heavy (non-hydrogen) atoms. The zero-order chi connectivity index (χ0) is 21.5. The molecule has 0 amide bonds. The Morgan fingerprint density at radius 1 is 1.03 bits per heavy atom. The fourth-order valence-electron chi connectivity index (χ4n) is 4.51. The van der Waals surface area contributed by atoms with E-state index in [0.29, 0.717) is 17.9 Å². The van der Waals surface area contributed by atoms with Crippen molar-refractivity contribution in [1.29, 1.82) is 0 Å². The van der Waals surface area contributed by atoms with Crippen LogP contribution in [0.1, 0.15) is 21.5 Å². The van der Waals surface area contributed by atoms with E-state index in [0.717, 1.165) is 21.7 Å². The maximum absolute atomic E-state index is 12.6. The molecule has 0 atom stereocenters. The highest BCUT2D eigenvalue weighted by Gasteiger charge is 2.19. The van der Waals surface area contributed by atoms with Crippen molar-refractivity contribution in [3.05, 3.63) is 96.3 Å². The fourth-order valence-corrected chi connectivity index (χ4v) is 4.51. The van der Waals surface area contributed by atoms with Gasteiger partial charge in [0.25, 0.3) is 0 Å². The number of carbonyl (C=O) groups excluding carboxylic acids is 1. The van der Waals surface area contributed by atoms with E-state index in [1.54, 1.807) is 12.1 Å². The van der Waals surface area contributed by atoms with Crippen LogP contribution in [-0.2, 0) is 6.54 Å². The topological polar surface area (TPSA) is 44.1 Å². The second kappa shape index (κ2) is 7.40. The highest BCUT2D eigenvalue weighted by molar-refractivity contribution is 6.17. The third kappa shape index (κ3) is 2.99. The first-order chi connectivity index (χ1) is 15.1. The number of hydrogen-bond acceptors (Lipinski definition) is 3. The summed E-state index contributed by atoms with van der Waals surface area (Å²) >= 11 is 0. The Hall–Kier alpha value is -3.92. The monoisotopic (exact) mass is 406 g/mol. The lowest BCUT2D eigenvalue weighted by atomic mass is 9.97. The molecular weight excluding hydrogens is 384 g/mol. The summed E-state index contributed by atoms with van der Waals surface area (Å²) in [4.78, 5) is 16.9. The summed E-state index contributed by atoms with van der Waals surface area (Å²) in [5.74, 6) is 0.166. The van der Waals surface area contributed by atoms with Gasteiger partial charge >= 0.3 is 5.97 Å². The lowest BCUT2D eigenvalue weighted by molar-refractivity contribution is 0.0735. The zero-order valence-electron chi connectivity index (χ0n) is 17.6. The molecule has 0 spiro atoms. The number of carbonyl (C=O) groups is 1. The summed E-state index contributed by atoms with van der Waals surface area (Å²) in [6.45, 7) is 8.93. The van der Waals surface area contributed by atoms with Crippen molar-refractivity contribution in [2.45, 2.75) is 20.4 Å². The van der Waals surface area contributed by atoms with E-state index in [2.05, 4.69) is 36.0 Å². The smallest absolute Gasteiger partial charge is 0.343 e. The largest absolute Gasteiger partial charge is 0.423 e. The van der Waals surface area contributed by atoms with Crippen LogP contribution in [-0.4, -0.2) is 15.5 Å². The van der Waals surface area contributed by atoms with Crippen LogP contribution in [0.15, 0.2) is 79.6 Å². The molecule has 5 rings (SSSR count). The van der Waals surface area contributed by atoms with E-state index in [9.17, 15) is 4.79 Å².